The van der Waals surface area contributed by atoms with Crippen LogP contribution in [-0.2, 0) is 4.74 Å². The van der Waals surface area contributed by atoms with Crippen LogP contribution in [0.1, 0.15) is 51.9 Å². The van der Waals surface area contributed by atoms with E-state index in [4.69, 9.17) is 10.5 Å². The number of methoxy groups -OCH3 is 1. The molecule has 3 nitrogen and oxygen atoms in total. The number of rotatable bonds is 10. The molecule has 0 rings (SSSR count). The lowest BCUT2D eigenvalue weighted by Gasteiger charge is -2.27. The minimum Gasteiger partial charge on any atom is -0.387 e. The molecule has 1 unspecified atom stereocenters. The van der Waals surface area contributed by atoms with Crippen molar-refractivity contribution < 1.29 is 9.84 Å². The number of nitrogens with two attached hydrogens (primary N) is 1. The average Bonchev–Trinajstić information content (AvgIpc) is 2.22. The Balaban J connectivity index is 3.78. The minimum absolute atomic E-state index is 0.430. The molecule has 0 bridgehead atoms. The number of ether oxygens (including phenoxy) is 1. The fourth-order valence-electron chi connectivity index (χ4n) is 1.85. The van der Waals surface area contributed by atoms with Gasteiger partial charge in [-0.25, -0.2) is 0 Å². The topological polar surface area (TPSA) is 55.5 Å². The van der Waals surface area contributed by atoms with Crippen LogP contribution < -0.4 is 5.73 Å². The Hall–Kier alpha value is -0.120. The van der Waals surface area contributed by atoms with Gasteiger partial charge in [0, 0.05) is 7.11 Å². The van der Waals surface area contributed by atoms with Crippen molar-refractivity contribution in [2.75, 3.05) is 20.3 Å². The number of aliphatic hydroxyl groups is 1. The van der Waals surface area contributed by atoms with Gasteiger partial charge in [-0.2, -0.15) is 0 Å². The first kappa shape index (κ1) is 14.9. The molecule has 3 heteroatoms. The van der Waals surface area contributed by atoms with Gasteiger partial charge in [0.1, 0.15) is 0 Å². The quantitative estimate of drug-likeness (QED) is 0.551. The van der Waals surface area contributed by atoms with Crippen molar-refractivity contribution in [2.24, 2.45) is 5.73 Å². The molecular formula is C12H27NO2. The van der Waals surface area contributed by atoms with Crippen molar-refractivity contribution in [3.8, 4) is 0 Å². The van der Waals surface area contributed by atoms with Crippen LogP contribution in [0.3, 0.4) is 0 Å². The van der Waals surface area contributed by atoms with E-state index in [2.05, 4.69) is 6.92 Å². The first-order valence-corrected chi connectivity index (χ1v) is 6.10. The van der Waals surface area contributed by atoms with E-state index in [-0.39, 0.29) is 0 Å². The summed E-state index contributed by atoms with van der Waals surface area (Å²) in [6, 6.07) is 0. The predicted molar refractivity (Wildman–Crippen MR) is 63.9 cm³/mol. The summed E-state index contributed by atoms with van der Waals surface area (Å²) >= 11 is 0. The highest BCUT2D eigenvalue weighted by Crippen LogP contribution is 2.21. The molecule has 0 aromatic carbocycles. The smallest absolute Gasteiger partial charge is 0.0880 e. The highest BCUT2D eigenvalue weighted by atomic mass is 16.5. The molecule has 0 saturated carbocycles. The van der Waals surface area contributed by atoms with E-state index in [0.29, 0.717) is 13.2 Å². The van der Waals surface area contributed by atoms with Gasteiger partial charge < -0.3 is 15.6 Å². The molecule has 0 spiro atoms. The molecule has 0 aromatic rings. The normalized spacial score (nSPS) is 15.2. The van der Waals surface area contributed by atoms with E-state index in [1.54, 1.807) is 7.11 Å². The van der Waals surface area contributed by atoms with Crippen LogP contribution in [0.15, 0.2) is 0 Å². The zero-order valence-corrected chi connectivity index (χ0v) is 10.3. The fourth-order valence-corrected chi connectivity index (χ4v) is 1.85. The second-order valence-electron chi connectivity index (χ2n) is 4.36. The SMILES string of the molecule is CCCCCCC(O)(CCCN)COC. The van der Waals surface area contributed by atoms with Crippen LogP contribution in [0.5, 0.6) is 0 Å². The predicted octanol–water partition coefficient (Wildman–Crippen LogP) is 2.07. The first-order valence-electron chi connectivity index (χ1n) is 6.10. The van der Waals surface area contributed by atoms with Crippen molar-refractivity contribution in [3.63, 3.8) is 0 Å². The highest BCUT2D eigenvalue weighted by molar-refractivity contribution is 4.78. The van der Waals surface area contributed by atoms with Crippen molar-refractivity contribution in [1.82, 2.24) is 0 Å². The summed E-state index contributed by atoms with van der Waals surface area (Å²) in [5.41, 5.74) is 4.81. The van der Waals surface area contributed by atoms with Gasteiger partial charge in [0.05, 0.1) is 12.2 Å². The molecule has 0 fully saturated rings. The number of hydrogen-bond donors (Lipinski definition) is 2. The van der Waals surface area contributed by atoms with Gasteiger partial charge in [-0.3, -0.25) is 0 Å². The summed E-state index contributed by atoms with van der Waals surface area (Å²) in [4.78, 5) is 0. The maximum absolute atomic E-state index is 10.3. The zero-order valence-electron chi connectivity index (χ0n) is 10.3. The second-order valence-corrected chi connectivity index (χ2v) is 4.36. The van der Waals surface area contributed by atoms with Gasteiger partial charge in [-0.1, -0.05) is 32.6 Å². The van der Waals surface area contributed by atoms with Crippen molar-refractivity contribution in [1.29, 1.82) is 0 Å². The Kier molecular flexibility index (Phi) is 9.06. The third-order valence-corrected chi connectivity index (χ3v) is 2.75. The Bertz CT molecular complexity index is 142. The van der Waals surface area contributed by atoms with Crippen LogP contribution in [0.4, 0.5) is 0 Å². The molecule has 0 heterocycles. The molecule has 1 atom stereocenters. The summed E-state index contributed by atoms with van der Waals surface area (Å²) in [5, 5.41) is 10.3. The van der Waals surface area contributed by atoms with Gasteiger partial charge in [-0.05, 0) is 25.8 Å². The Morgan fingerprint density at radius 2 is 1.80 bits per heavy atom. The third-order valence-electron chi connectivity index (χ3n) is 2.75. The van der Waals surface area contributed by atoms with E-state index < -0.39 is 5.60 Å². The molecule has 0 aromatic heterocycles. The molecule has 0 aliphatic carbocycles. The molecule has 0 amide bonds. The maximum atomic E-state index is 10.3. The molecule has 0 aliphatic heterocycles. The lowest BCUT2D eigenvalue weighted by atomic mass is 9.91. The van der Waals surface area contributed by atoms with E-state index in [1.165, 1.54) is 19.3 Å². The Morgan fingerprint density at radius 3 is 2.33 bits per heavy atom. The van der Waals surface area contributed by atoms with E-state index >= 15 is 0 Å². The minimum atomic E-state index is -0.651. The molecule has 3 N–H and O–H groups in total. The maximum Gasteiger partial charge on any atom is 0.0880 e. The largest absolute Gasteiger partial charge is 0.387 e. The van der Waals surface area contributed by atoms with Crippen LogP contribution in [0, 0.1) is 0 Å². The lowest BCUT2D eigenvalue weighted by Crippen LogP contribution is -2.34. The Labute approximate surface area is 94.0 Å². The number of unbranched alkanes of at least 4 members (excludes halogenated alkanes) is 3. The van der Waals surface area contributed by atoms with Crippen LogP contribution in [0.25, 0.3) is 0 Å². The summed E-state index contributed by atoms with van der Waals surface area (Å²) in [6.45, 7) is 3.26. The van der Waals surface area contributed by atoms with Crippen molar-refractivity contribution in [3.05, 3.63) is 0 Å². The molecule has 0 radical (unpaired) electrons. The standard InChI is InChI=1S/C12H27NO2/c1-3-4-5-6-8-12(14,11-15-2)9-7-10-13/h14H,3-11,13H2,1-2H3. The monoisotopic (exact) mass is 217 g/mol. The van der Waals surface area contributed by atoms with E-state index in [9.17, 15) is 5.11 Å². The van der Waals surface area contributed by atoms with Crippen molar-refractivity contribution >= 4 is 0 Å². The molecule has 92 valence electrons. The summed E-state index contributed by atoms with van der Waals surface area (Å²) in [6.07, 6.45) is 7.22. The molecule has 15 heavy (non-hydrogen) atoms. The van der Waals surface area contributed by atoms with Crippen molar-refractivity contribution in [2.45, 2.75) is 57.5 Å². The van der Waals surface area contributed by atoms with Gasteiger partial charge >= 0.3 is 0 Å². The lowest BCUT2D eigenvalue weighted by molar-refractivity contribution is -0.0454. The van der Waals surface area contributed by atoms with Crippen LogP contribution in [0.2, 0.25) is 0 Å². The van der Waals surface area contributed by atoms with E-state index in [1.807, 2.05) is 0 Å². The second kappa shape index (κ2) is 9.13. The fraction of sp³-hybridized carbons (Fsp3) is 1.00. The molecular weight excluding hydrogens is 190 g/mol. The van der Waals surface area contributed by atoms with Gasteiger partial charge in [0.15, 0.2) is 0 Å². The van der Waals surface area contributed by atoms with Gasteiger partial charge in [0.25, 0.3) is 0 Å². The van der Waals surface area contributed by atoms with Crippen LogP contribution in [-0.4, -0.2) is 31.0 Å². The summed E-state index contributed by atoms with van der Waals surface area (Å²) in [5.74, 6) is 0. The summed E-state index contributed by atoms with van der Waals surface area (Å²) in [7, 11) is 1.64. The molecule has 0 aliphatic rings. The van der Waals surface area contributed by atoms with Crippen LogP contribution >= 0.6 is 0 Å². The van der Waals surface area contributed by atoms with Gasteiger partial charge in [-0.15, -0.1) is 0 Å². The average molecular weight is 217 g/mol. The Morgan fingerprint density at radius 1 is 1.13 bits per heavy atom. The third kappa shape index (κ3) is 7.77. The first-order chi connectivity index (χ1) is 7.18. The zero-order chi connectivity index (χ0) is 11.6. The van der Waals surface area contributed by atoms with Gasteiger partial charge in [0.2, 0.25) is 0 Å². The summed E-state index contributed by atoms with van der Waals surface area (Å²) < 4.78 is 5.07. The molecule has 0 saturated heterocycles. The number of hydrogen-bond acceptors (Lipinski definition) is 3. The van der Waals surface area contributed by atoms with E-state index in [0.717, 1.165) is 25.7 Å². The highest BCUT2D eigenvalue weighted by Gasteiger charge is 2.25.